The predicted molar refractivity (Wildman–Crippen MR) is 56.2 cm³/mol. The lowest BCUT2D eigenvalue weighted by molar-refractivity contribution is -0.142. The van der Waals surface area contributed by atoms with Crippen molar-refractivity contribution in [3.8, 4) is 0 Å². The van der Waals surface area contributed by atoms with Gasteiger partial charge in [0, 0.05) is 6.20 Å². The normalized spacial score (nSPS) is 11.8. The zero-order valence-electron chi connectivity index (χ0n) is 8.72. The fourth-order valence-corrected chi connectivity index (χ4v) is 1.32. The second kappa shape index (κ2) is 5.90. The number of hydrogen-bond donors (Lipinski definition) is 0. The molecule has 1 rings (SSSR count). The maximum Gasteiger partial charge on any atom is 0.314 e. The molecule has 1 aromatic rings. The van der Waals surface area contributed by atoms with Crippen LogP contribution in [0.3, 0.4) is 0 Å². The molecule has 0 aliphatic heterocycles. The Labute approximate surface area is 89.0 Å². The van der Waals surface area contributed by atoms with E-state index in [1.807, 2.05) is 0 Å². The van der Waals surface area contributed by atoms with Crippen molar-refractivity contribution in [3.05, 3.63) is 36.9 Å². The minimum absolute atomic E-state index is 0.268. The van der Waals surface area contributed by atoms with Crippen LogP contribution in [-0.2, 0) is 9.53 Å². The van der Waals surface area contributed by atoms with E-state index in [0.717, 1.165) is 6.42 Å². The fourth-order valence-electron chi connectivity index (χ4n) is 1.32. The van der Waals surface area contributed by atoms with Gasteiger partial charge in [-0.2, -0.15) is 0 Å². The molecule has 0 aliphatic carbocycles. The monoisotopic (exact) mass is 206 g/mol. The Bertz CT molecular complexity index is 325. The van der Waals surface area contributed by atoms with Crippen LogP contribution < -0.4 is 0 Å². The Morgan fingerprint density at radius 2 is 2.53 bits per heavy atom. The molecule has 0 N–H and O–H groups in total. The van der Waals surface area contributed by atoms with Crippen LogP contribution >= 0.6 is 0 Å². The van der Waals surface area contributed by atoms with Crippen LogP contribution in [0.15, 0.2) is 31.2 Å². The van der Waals surface area contributed by atoms with Gasteiger partial charge in [-0.25, -0.2) is 9.97 Å². The molecule has 0 saturated heterocycles. The summed E-state index contributed by atoms with van der Waals surface area (Å²) in [5, 5.41) is 0. The number of esters is 1. The molecule has 4 nitrogen and oxygen atoms in total. The average molecular weight is 206 g/mol. The molecule has 0 radical (unpaired) electrons. The van der Waals surface area contributed by atoms with Crippen molar-refractivity contribution in [2.75, 3.05) is 7.11 Å². The summed E-state index contributed by atoms with van der Waals surface area (Å²) < 4.78 is 4.73. The number of ether oxygens (including phenoxy) is 1. The van der Waals surface area contributed by atoms with Gasteiger partial charge in [-0.05, 0) is 18.9 Å². The molecule has 0 spiro atoms. The third-order valence-corrected chi connectivity index (χ3v) is 2.11. The van der Waals surface area contributed by atoms with Crippen LogP contribution in [0.1, 0.15) is 24.5 Å². The van der Waals surface area contributed by atoms with Crippen LogP contribution in [0.4, 0.5) is 0 Å². The highest BCUT2D eigenvalue weighted by molar-refractivity contribution is 5.77. The molecule has 0 aliphatic rings. The number of allylic oxidation sites excluding steroid dienone is 1. The quantitative estimate of drug-likeness (QED) is 0.543. The summed E-state index contributed by atoms with van der Waals surface area (Å²) in [6.07, 6.45) is 6.24. The van der Waals surface area contributed by atoms with Crippen molar-refractivity contribution in [3.63, 3.8) is 0 Å². The highest BCUT2D eigenvalue weighted by Gasteiger charge is 2.21. The van der Waals surface area contributed by atoms with Gasteiger partial charge < -0.3 is 4.74 Å². The summed E-state index contributed by atoms with van der Waals surface area (Å²) in [4.78, 5) is 19.4. The Balaban J connectivity index is 2.81. The topological polar surface area (TPSA) is 52.1 Å². The highest BCUT2D eigenvalue weighted by Crippen LogP contribution is 2.20. The van der Waals surface area contributed by atoms with E-state index in [1.54, 1.807) is 18.3 Å². The molecular formula is C11H14N2O2. The van der Waals surface area contributed by atoms with Gasteiger partial charge in [-0.1, -0.05) is 6.08 Å². The van der Waals surface area contributed by atoms with E-state index in [0.29, 0.717) is 12.1 Å². The van der Waals surface area contributed by atoms with E-state index >= 15 is 0 Å². The van der Waals surface area contributed by atoms with Crippen LogP contribution in [0.5, 0.6) is 0 Å². The molecule has 4 heteroatoms. The lowest BCUT2D eigenvalue weighted by Crippen LogP contribution is -2.15. The molecule has 15 heavy (non-hydrogen) atoms. The van der Waals surface area contributed by atoms with E-state index in [4.69, 9.17) is 4.74 Å². The van der Waals surface area contributed by atoms with Gasteiger partial charge in [-0.15, -0.1) is 6.58 Å². The zero-order valence-corrected chi connectivity index (χ0v) is 8.72. The summed E-state index contributed by atoms with van der Waals surface area (Å²) in [5.41, 5.74) is 0.693. The van der Waals surface area contributed by atoms with E-state index in [1.165, 1.54) is 13.4 Å². The standard InChI is InChI=1S/C11H14N2O2/c1-3-4-5-9(11(14)15-2)10-6-7-12-8-13-10/h3,6-9H,1,4-5H2,2H3. The lowest BCUT2D eigenvalue weighted by Gasteiger charge is -2.12. The van der Waals surface area contributed by atoms with E-state index in [2.05, 4.69) is 16.5 Å². The second-order valence-corrected chi connectivity index (χ2v) is 3.08. The molecule has 0 saturated carbocycles. The van der Waals surface area contributed by atoms with Gasteiger partial charge in [0.1, 0.15) is 6.33 Å². The molecule has 0 amide bonds. The summed E-state index contributed by atoms with van der Waals surface area (Å²) in [6, 6.07) is 1.73. The van der Waals surface area contributed by atoms with Crippen molar-refractivity contribution in [2.24, 2.45) is 0 Å². The van der Waals surface area contributed by atoms with E-state index in [9.17, 15) is 4.79 Å². The van der Waals surface area contributed by atoms with Gasteiger partial charge >= 0.3 is 5.97 Å². The van der Waals surface area contributed by atoms with Crippen molar-refractivity contribution in [2.45, 2.75) is 18.8 Å². The Hall–Kier alpha value is -1.71. The first kappa shape index (κ1) is 11.4. The molecule has 1 aromatic heterocycles. The second-order valence-electron chi connectivity index (χ2n) is 3.08. The van der Waals surface area contributed by atoms with Crippen molar-refractivity contribution < 1.29 is 9.53 Å². The largest absolute Gasteiger partial charge is 0.469 e. The van der Waals surface area contributed by atoms with E-state index in [-0.39, 0.29) is 11.9 Å². The van der Waals surface area contributed by atoms with Crippen LogP contribution in [0.25, 0.3) is 0 Å². The maximum absolute atomic E-state index is 11.5. The van der Waals surface area contributed by atoms with Gasteiger partial charge in [0.2, 0.25) is 0 Å². The Morgan fingerprint density at radius 1 is 1.73 bits per heavy atom. The third-order valence-electron chi connectivity index (χ3n) is 2.11. The lowest BCUT2D eigenvalue weighted by atomic mass is 9.99. The number of rotatable bonds is 5. The van der Waals surface area contributed by atoms with E-state index < -0.39 is 0 Å². The van der Waals surface area contributed by atoms with Gasteiger partial charge in [-0.3, -0.25) is 4.79 Å². The predicted octanol–water partition coefficient (Wildman–Crippen LogP) is 1.70. The van der Waals surface area contributed by atoms with Crippen LogP contribution in [0.2, 0.25) is 0 Å². The van der Waals surface area contributed by atoms with Gasteiger partial charge in [0.25, 0.3) is 0 Å². The average Bonchev–Trinajstić information content (AvgIpc) is 2.30. The summed E-state index contributed by atoms with van der Waals surface area (Å²) in [6.45, 7) is 3.63. The molecule has 0 bridgehead atoms. The van der Waals surface area contributed by atoms with Gasteiger partial charge in [0.05, 0.1) is 18.7 Å². The molecule has 80 valence electrons. The smallest absolute Gasteiger partial charge is 0.314 e. The third kappa shape index (κ3) is 3.16. The first-order chi connectivity index (χ1) is 7.29. The first-order valence-corrected chi connectivity index (χ1v) is 4.74. The SMILES string of the molecule is C=CCCC(C(=O)OC)c1ccncn1. The number of methoxy groups -OCH3 is 1. The summed E-state index contributed by atoms with van der Waals surface area (Å²) >= 11 is 0. The first-order valence-electron chi connectivity index (χ1n) is 4.74. The highest BCUT2D eigenvalue weighted by atomic mass is 16.5. The number of carbonyl (C=O) groups excluding carboxylic acids is 1. The fraction of sp³-hybridized carbons (Fsp3) is 0.364. The Morgan fingerprint density at radius 3 is 3.07 bits per heavy atom. The molecule has 1 atom stereocenters. The minimum atomic E-state index is -0.323. The number of aromatic nitrogens is 2. The summed E-state index contributed by atoms with van der Waals surface area (Å²) in [5.74, 6) is -0.591. The maximum atomic E-state index is 11.5. The Kier molecular flexibility index (Phi) is 4.47. The van der Waals surface area contributed by atoms with Gasteiger partial charge in [0.15, 0.2) is 0 Å². The molecule has 1 unspecified atom stereocenters. The van der Waals surface area contributed by atoms with Crippen molar-refractivity contribution >= 4 is 5.97 Å². The van der Waals surface area contributed by atoms with Crippen LogP contribution in [-0.4, -0.2) is 23.0 Å². The molecule has 0 fully saturated rings. The zero-order chi connectivity index (χ0) is 11.1. The molecule has 0 aromatic carbocycles. The molecule has 1 heterocycles. The van der Waals surface area contributed by atoms with Crippen molar-refractivity contribution in [1.82, 2.24) is 9.97 Å². The summed E-state index contributed by atoms with van der Waals surface area (Å²) in [7, 11) is 1.38. The number of carbonyl (C=O) groups is 1. The van der Waals surface area contributed by atoms with Crippen LogP contribution in [0, 0.1) is 0 Å². The van der Waals surface area contributed by atoms with Crippen molar-refractivity contribution in [1.29, 1.82) is 0 Å². The number of nitrogens with zero attached hydrogens (tertiary/aromatic N) is 2. The molecular weight excluding hydrogens is 192 g/mol. The minimum Gasteiger partial charge on any atom is -0.469 e. The number of hydrogen-bond acceptors (Lipinski definition) is 4.